The van der Waals surface area contributed by atoms with E-state index in [0.717, 1.165) is 10.8 Å². The lowest BCUT2D eigenvalue weighted by atomic mass is 10.0. The highest BCUT2D eigenvalue weighted by Crippen LogP contribution is 2.17. The monoisotopic (exact) mass is 242 g/mol. The molecule has 0 spiro atoms. The van der Waals surface area contributed by atoms with Gasteiger partial charge in [-0.3, -0.25) is 20.4 Å². The normalized spacial score (nSPS) is 10.1. The van der Waals surface area contributed by atoms with Crippen molar-refractivity contribution in [1.29, 1.82) is 0 Å². The van der Waals surface area contributed by atoms with E-state index in [-0.39, 0.29) is 11.8 Å². The van der Waals surface area contributed by atoms with E-state index in [1.807, 2.05) is 36.4 Å². The Labute approximate surface area is 105 Å². The predicted octanol–water partition coefficient (Wildman–Crippen LogP) is 2.01. The fourth-order valence-electron chi connectivity index (χ4n) is 1.71. The van der Waals surface area contributed by atoms with Crippen LogP contribution in [0.1, 0.15) is 23.7 Å². The van der Waals surface area contributed by atoms with Crippen molar-refractivity contribution in [1.82, 2.24) is 10.9 Å². The third-order valence-electron chi connectivity index (χ3n) is 2.67. The summed E-state index contributed by atoms with van der Waals surface area (Å²) < 4.78 is 0. The van der Waals surface area contributed by atoms with Gasteiger partial charge < -0.3 is 0 Å². The van der Waals surface area contributed by atoms with Gasteiger partial charge in [0, 0.05) is 12.0 Å². The van der Waals surface area contributed by atoms with Gasteiger partial charge in [-0.15, -0.1) is 0 Å². The van der Waals surface area contributed by atoms with Gasteiger partial charge in [0.1, 0.15) is 0 Å². The molecule has 2 amide bonds. The SMILES string of the molecule is CCC(=O)NNC(=O)c1cccc2ccccc12. The first-order valence-corrected chi connectivity index (χ1v) is 5.79. The fourth-order valence-corrected chi connectivity index (χ4v) is 1.71. The number of amides is 2. The zero-order chi connectivity index (χ0) is 13.0. The van der Waals surface area contributed by atoms with Gasteiger partial charge in [0.15, 0.2) is 0 Å². The van der Waals surface area contributed by atoms with Crippen LogP contribution in [0.5, 0.6) is 0 Å². The van der Waals surface area contributed by atoms with E-state index < -0.39 is 0 Å². The quantitative estimate of drug-likeness (QED) is 0.791. The molecule has 0 aromatic heterocycles. The van der Waals surface area contributed by atoms with E-state index in [2.05, 4.69) is 10.9 Å². The second-order valence-corrected chi connectivity index (χ2v) is 3.88. The molecule has 0 saturated heterocycles. The van der Waals surface area contributed by atoms with Gasteiger partial charge in [-0.1, -0.05) is 43.3 Å². The third-order valence-corrected chi connectivity index (χ3v) is 2.67. The van der Waals surface area contributed by atoms with E-state index in [0.29, 0.717) is 12.0 Å². The Balaban J connectivity index is 2.25. The molecule has 2 aromatic rings. The molecule has 0 aliphatic carbocycles. The topological polar surface area (TPSA) is 58.2 Å². The van der Waals surface area contributed by atoms with Crippen molar-refractivity contribution in [2.75, 3.05) is 0 Å². The van der Waals surface area contributed by atoms with Gasteiger partial charge in [0.25, 0.3) is 5.91 Å². The molecule has 0 bridgehead atoms. The molecule has 0 aliphatic heterocycles. The summed E-state index contributed by atoms with van der Waals surface area (Å²) in [5.41, 5.74) is 5.31. The van der Waals surface area contributed by atoms with Gasteiger partial charge in [-0.25, -0.2) is 0 Å². The van der Waals surface area contributed by atoms with Crippen LogP contribution in [0.15, 0.2) is 42.5 Å². The number of nitrogens with one attached hydrogen (secondary N) is 2. The largest absolute Gasteiger partial charge is 0.273 e. The van der Waals surface area contributed by atoms with Crippen LogP contribution in [0.4, 0.5) is 0 Å². The van der Waals surface area contributed by atoms with Crippen molar-refractivity contribution in [3.63, 3.8) is 0 Å². The van der Waals surface area contributed by atoms with Crippen LogP contribution in [0.3, 0.4) is 0 Å². The summed E-state index contributed by atoms with van der Waals surface area (Å²) in [7, 11) is 0. The van der Waals surface area contributed by atoms with Gasteiger partial charge >= 0.3 is 0 Å². The highest BCUT2D eigenvalue weighted by molar-refractivity contribution is 6.07. The summed E-state index contributed by atoms with van der Waals surface area (Å²) in [6.45, 7) is 1.72. The minimum absolute atomic E-state index is 0.219. The van der Waals surface area contributed by atoms with Crippen molar-refractivity contribution in [3.05, 3.63) is 48.0 Å². The zero-order valence-electron chi connectivity index (χ0n) is 10.1. The number of fused-ring (bicyclic) bond motifs is 1. The van der Waals surface area contributed by atoms with Gasteiger partial charge in [0.2, 0.25) is 5.91 Å². The molecule has 4 nitrogen and oxygen atoms in total. The van der Waals surface area contributed by atoms with Crippen LogP contribution >= 0.6 is 0 Å². The molecule has 0 heterocycles. The summed E-state index contributed by atoms with van der Waals surface area (Å²) in [6, 6.07) is 13.1. The highest BCUT2D eigenvalue weighted by atomic mass is 16.2. The maximum atomic E-state index is 12.0. The van der Waals surface area contributed by atoms with E-state index in [4.69, 9.17) is 0 Å². The van der Waals surface area contributed by atoms with Crippen molar-refractivity contribution in [3.8, 4) is 0 Å². The number of rotatable bonds is 2. The maximum absolute atomic E-state index is 12.0. The lowest BCUT2D eigenvalue weighted by Gasteiger charge is -2.08. The molecular weight excluding hydrogens is 228 g/mol. The Morgan fingerprint density at radius 2 is 1.72 bits per heavy atom. The van der Waals surface area contributed by atoms with Crippen LogP contribution in [-0.2, 0) is 4.79 Å². The van der Waals surface area contributed by atoms with Crippen molar-refractivity contribution in [2.45, 2.75) is 13.3 Å². The molecule has 0 fully saturated rings. The molecule has 4 heteroatoms. The Kier molecular flexibility index (Phi) is 3.57. The highest BCUT2D eigenvalue weighted by Gasteiger charge is 2.09. The molecule has 0 radical (unpaired) electrons. The molecule has 0 aliphatic rings. The number of hydrazine groups is 1. The number of hydrogen-bond donors (Lipinski definition) is 2. The molecule has 18 heavy (non-hydrogen) atoms. The van der Waals surface area contributed by atoms with Crippen LogP contribution in [-0.4, -0.2) is 11.8 Å². The molecule has 2 rings (SSSR count). The third kappa shape index (κ3) is 2.48. The van der Waals surface area contributed by atoms with Crippen LogP contribution in [0, 0.1) is 0 Å². The van der Waals surface area contributed by atoms with Gasteiger partial charge in [-0.2, -0.15) is 0 Å². The first-order chi connectivity index (χ1) is 8.72. The average Bonchev–Trinajstić information content (AvgIpc) is 2.43. The first-order valence-electron chi connectivity index (χ1n) is 5.79. The number of carbonyl (C=O) groups is 2. The molecule has 0 atom stereocenters. The van der Waals surface area contributed by atoms with E-state index in [9.17, 15) is 9.59 Å². The lowest BCUT2D eigenvalue weighted by Crippen LogP contribution is -2.41. The first kappa shape index (κ1) is 12.1. The Bertz CT molecular complexity index is 588. The van der Waals surface area contributed by atoms with E-state index in [1.54, 1.807) is 13.0 Å². The molecular formula is C14H14N2O2. The second kappa shape index (κ2) is 5.31. The van der Waals surface area contributed by atoms with Crippen LogP contribution < -0.4 is 10.9 Å². The van der Waals surface area contributed by atoms with E-state index in [1.165, 1.54) is 0 Å². The molecule has 92 valence electrons. The maximum Gasteiger partial charge on any atom is 0.270 e. The average molecular weight is 242 g/mol. The summed E-state index contributed by atoms with van der Waals surface area (Å²) in [6.07, 6.45) is 0.329. The summed E-state index contributed by atoms with van der Waals surface area (Å²) in [5.74, 6) is -0.530. The fraction of sp³-hybridized carbons (Fsp3) is 0.143. The molecule has 0 unspecified atom stereocenters. The Hall–Kier alpha value is -2.36. The smallest absolute Gasteiger partial charge is 0.270 e. The zero-order valence-corrected chi connectivity index (χ0v) is 10.1. The van der Waals surface area contributed by atoms with Crippen molar-refractivity contribution >= 4 is 22.6 Å². The summed E-state index contributed by atoms with van der Waals surface area (Å²) >= 11 is 0. The summed E-state index contributed by atoms with van der Waals surface area (Å²) in [5, 5.41) is 1.86. The van der Waals surface area contributed by atoms with Gasteiger partial charge in [-0.05, 0) is 16.8 Å². The van der Waals surface area contributed by atoms with E-state index >= 15 is 0 Å². The summed E-state index contributed by atoms with van der Waals surface area (Å²) in [4.78, 5) is 23.0. The van der Waals surface area contributed by atoms with Crippen molar-refractivity contribution in [2.24, 2.45) is 0 Å². The lowest BCUT2D eigenvalue weighted by molar-refractivity contribution is -0.121. The van der Waals surface area contributed by atoms with Crippen LogP contribution in [0.2, 0.25) is 0 Å². The number of carbonyl (C=O) groups excluding carboxylic acids is 2. The predicted molar refractivity (Wildman–Crippen MR) is 69.8 cm³/mol. The van der Waals surface area contributed by atoms with Gasteiger partial charge in [0.05, 0.1) is 0 Å². The molecule has 0 saturated carbocycles. The number of hydrogen-bond acceptors (Lipinski definition) is 2. The minimum atomic E-state index is -0.311. The molecule has 2 N–H and O–H groups in total. The standard InChI is InChI=1S/C14H14N2O2/c1-2-13(17)15-16-14(18)12-9-5-7-10-6-3-4-8-11(10)12/h3-9H,2H2,1H3,(H,15,17)(H,16,18). The molecule has 2 aromatic carbocycles. The Morgan fingerprint density at radius 1 is 1.00 bits per heavy atom. The Morgan fingerprint density at radius 3 is 2.50 bits per heavy atom. The van der Waals surface area contributed by atoms with Crippen molar-refractivity contribution < 1.29 is 9.59 Å². The minimum Gasteiger partial charge on any atom is -0.273 e. The second-order valence-electron chi connectivity index (χ2n) is 3.88. The van der Waals surface area contributed by atoms with Crippen LogP contribution in [0.25, 0.3) is 10.8 Å². The number of benzene rings is 2.